The molecule has 2 unspecified atom stereocenters. The van der Waals surface area contributed by atoms with E-state index in [4.69, 9.17) is 11.6 Å². The summed E-state index contributed by atoms with van der Waals surface area (Å²) >= 11 is 7.33. The van der Waals surface area contributed by atoms with Crippen LogP contribution >= 0.6 is 23.4 Å². The van der Waals surface area contributed by atoms with E-state index in [-0.39, 0.29) is 17.9 Å². The van der Waals surface area contributed by atoms with Crippen LogP contribution in [0.2, 0.25) is 0 Å². The Hall–Kier alpha value is 0.110. The second-order valence-electron chi connectivity index (χ2n) is 3.12. The number of amides is 1. The maximum absolute atomic E-state index is 11.4. The first-order valence-corrected chi connectivity index (χ1v) is 6.43. The van der Waals surface area contributed by atoms with Crippen molar-refractivity contribution >= 4 is 29.3 Å². The van der Waals surface area contributed by atoms with E-state index in [0.717, 1.165) is 12.2 Å². The predicted molar refractivity (Wildman–Crippen MR) is 60.5 cm³/mol. The topological polar surface area (TPSA) is 29.1 Å². The van der Waals surface area contributed by atoms with Gasteiger partial charge in [-0.15, -0.1) is 11.6 Å². The normalized spacial score (nSPS) is 15.1. The van der Waals surface area contributed by atoms with E-state index >= 15 is 0 Å². The molecule has 13 heavy (non-hydrogen) atoms. The van der Waals surface area contributed by atoms with Gasteiger partial charge in [-0.2, -0.15) is 11.8 Å². The van der Waals surface area contributed by atoms with E-state index < -0.39 is 0 Å². The SMILES string of the molecule is CCC(CSC)NC(=O)C(C)CCl. The second kappa shape index (κ2) is 7.51. The fourth-order valence-electron chi connectivity index (χ4n) is 0.876. The summed E-state index contributed by atoms with van der Waals surface area (Å²) in [4.78, 5) is 11.4. The van der Waals surface area contributed by atoms with Crippen LogP contribution in [0.15, 0.2) is 0 Å². The lowest BCUT2D eigenvalue weighted by Gasteiger charge is -2.17. The Bertz CT molecular complexity index is 155. The highest BCUT2D eigenvalue weighted by molar-refractivity contribution is 7.98. The van der Waals surface area contributed by atoms with Crippen molar-refractivity contribution in [3.63, 3.8) is 0 Å². The molecule has 0 aromatic rings. The average Bonchev–Trinajstić information content (AvgIpc) is 2.15. The molecule has 0 bridgehead atoms. The van der Waals surface area contributed by atoms with Gasteiger partial charge in [0, 0.05) is 23.6 Å². The van der Waals surface area contributed by atoms with Crippen molar-refractivity contribution in [1.82, 2.24) is 5.32 Å². The van der Waals surface area contributed by atoms with Crippen LogP contribution in [-0.4, -0.2) is 29.8 Å². The highest BCUT2D eigenvalue weighted by atomic mass is 35.5. The lowest BCUT2D eigenvalue weighted by atomic mass is 10.2. The van der Waals surface area contributed by atoms with Crippen molar-refractivity contribution in [2.24, 2.45) is 5.92 Å². The standard InChI is InChI=1S/C9H18ClNOS/c1-4-8(6-13-3)11-9(12)7(2)5-10/h7-8H,4-6H2,1-3H3,(H,11,12). The Balaban J connectivity index is 3.85. The zero-order valence-corrected chi connectivity index (χ0v) is 10.0. The summed E-state index contributed by atoms with van der Waals surface area (Å²) in [5.41, 5.74) is 0. The van der Waals surface area contributed by atoms with E-state index in [1.54, 1.807) is 11.8 Å². The number of hydrogen-bond donors (Lipinski definition) is 1. The zero-order valence-electron chi connectivity index (χ0n) is 8.47. The fraction of sp³-hybridized carbons (Fsp3) is 0.889. The molecule has 78 valence electrons. The van der Waals surface area contributed by atoms with Crippen molar-refractivity contribution in [3.05, 3.63) is 0 Å². The number of halogens is 1. The molecule has 0 aromatic carbocycles. The van der Waals surface area contributed by atoms with Crippen molar-refractivity contribution in [1.29, 1.82) is 0 Å². The van der Waals surface area contributed by atoms with E-state index in [1.807, 2.05) is 13.2 Å². The quantitative estimate of drug-likeness (QED) is 0.699. The molecular formula is C9H18ClNOS. The molecule has 0 rings (SSSR count). The molecular weight excluding hydrogens is 206 g/mol. The molecule has 0 aliphatic heterocycles. The lowest BCUT2D eigenvalue weighted by molar-refractivity contribution is -0.124. The van der Waals surface area contributed by atoms with Gasteiger partial charge in [-0.1, -0.05) is 13.8 Å². The predicted octanol–water partition coefficient (Wildman–Crippen LogP) is 2.12. The maximum Gasteiger partial charge on any atom is 0.224 e. The van der Waals surface area contributed by atoms with Crippen LogP contribution in [0.4, 0.5) is 0 Å². The maximum atomic E-state index is 11.4. The molecule has 2 atom stereocenters. The van der Waals surface area contributed by atoms with Gasteiger partial charge in [0.1, 0.15) is 0 Å². The van der Waals surface area contributed by atoms with Crippen LogP contribution in [0.3, 0.4) is 0 Å². The van der Waals surface area contributed by atoms with Gasteiger partial charge >= 0.3 is 0 Å². The minimum Gasteiger partial charge on any atom is -0.352 e. The van der Waals surface area contributed by atoms with Crippen molar-refractivity contribution in [2.75, 3.05) is 17.9 Å². The van der Waals surface area contributed by atoms with Gasteiger partial charge < -0.3 is 5.32 Å². The van der Waals surface area contributed by atoms with Crippen LogP contribution in [0.5, 0.6) is 0 Å². The van der Waals surface area contributed by atoms with E-state index in [9.17, 15) is 4.79 Å². The number of alkyl halides is 1. The fourth-order valence-corrected chi connectivity index (χ4v) is 1.74. The first-order valence-electron chi connectivity index (χ1n) is 4.50. The summed E-state index contributed by atoms with van der Waals surface area (Å²) in [6, 6.07) is 0.285. The van der Waals surface area contributed by atoms with Crippen LogP contribution < -0.4 is 5.32 Å². The Kier molecular flexibility index (Phi) is 7.57. The summed E-state index contributed by atoms with van der Waals surface area (Å²) in [5, 5.41) is 2.97. The summed E-state index contributed by atoms with van der Waals surface area (Å²) in [5.74, 6) is 1.34. The van der Waals surface area contributed by atoms with E-state index in [1.165, 1.54) is 0 Å². The third-order valence-electron chi connectivity index (χ3n) is 1.89. The molecule has 0 saturated carbocycles. The molecule has 0 aliphatic carbocycles. The average molecular weight is 224 g/mol. The third-order valence-corrected chi connectivity index (χ3v) is 3.08. The molecule has 0 aromatic heterocycles. The van der Waals surface area contributed by atoms with Crippen molar-refractivity contribution in [3.8, 4) is 0 Å². The van der Waals surface area contributed by atoms with Crippen LogP contribution in [0.1, 0.15) is 20.3 Å². The van der Waals surface area contributed by atoms with Gasteiger partial charge in [0.15, 0.2) is 0 Å². The summed E-state index contributed by atoms with van der Waals surface area (Å²) < 4.78 is 0. The number of hydrogen-bond acceptors (Lipinski definition) is 2. The minimum atomic E-state index is -0.0856. The van der Waals surface area contributed by atoms with Crippen molar-refractivity contribution < 1.29 is 4.79 Å². The molecule has 1 amide bonds. The summed E-state index contributed by atoms with van der Waals surface area (Å²) in [6.45, 7) is 3.92. The summed E-state index contributed by atoms with van der Waals surface area (Å²) in [7, 11) is 0. The Labute approximate surface area is 89.8 Å². The van der Waals surface area contributed by atoms with E-state index in [2.05, 4.69) is 12.2 Å². The minimum absolute atomic E-state index is 0.0656. The Morgan fingerprint density at radius 2 is 2.23 bits per heavy atom. The number of nitrogens with one attached hydrogen (secondary N) is 1. The van der Waals surface area contributed by atoms with E-state index in [0.29, 0.717) is 5.88 Å². The summed E-state index contributed by atoms with van der Waals surface area (Å²) in [6.07, 6.45) is 3.02. The van der Waals surface area contributed by atoms with Gasteiger partial charge in [-0.25, -0.2) is 0 Å². The van der Waals surface area contributed by atoms with Crippen LogP contribution in [0.25, 0.3) is 0 Å². The van der Waals surface area contributed by atoms with Gasteiger partial charge in [0.25, 0.3) is 0 Å². The number of carbonyl (C=O) groups is 1. The molecule has 0 aliphatic rings. The number of carbonyl (C=O) groups excluding carboxylic acids is 1. The second-order valence-corrected chi connectivity index (χ2v) is 4.34. The molecule has 0 heterocycles. The van der Waals surface area contributed by atoms with Gasteiger partial charge in [-0.3, -0.25) is 4.79 Å². The zero-order chi connectivity index (χ0) is 10.3. The van der Waals surface area contributed by atoms with Gasteiger partial charge in [-0.05, 0) is 12.7 Å². The first-order chi connectivity index (χ1) is 6.15. The smallest absolute Gasteiger partial charge is 0.224 e. The Morgan fingerprint density at radius 3 is 2.62 bits per heavy atom. The first kappa shape index (κ1) is 13.1. The monoisotopic (exact) mass is 223 g/mol. The number of rotatable bonds is 6. The lowest BCUT2D eigenvalue weighted by Crippen LogP contribution is -2.39. The highest BCUT2D eigenvalue weighted by Gasteiger charge is 2.14. The molecule has 4 heteroatoms. The molecule has 1 N–H and O–H groups in total. The molecule has 2 nitrogen and oxygen atoms in total. The Morgan fingerprint density at radius 1 is 1.62 bits per heavy atom. The van der Waals surface area contributed by atoms with Gasteiger partial charge in [0.05, 0.1) is 0 Å². The molecule has 0 saturated heterocycles. The van der Waals surface area contributed by atoms with Crippen molar-refractivity contribution in [2.45, 2.75) is 26.3 Å². The number of thioether (sulfide) groups is 1. The van der Waals surface area contributed by atoms with Crippen LogP contribution in [-0.2, 0) is 4.79 Å². The molecule has 0 radical (unpaired) electrons. The highest BCUT2D eigenvalue weighted by Crippen LogP contribution is 2.04. The van der Waals surface area contributed by atoms with Gasteiger partial charge in [0.2, 0.25) is 5.91 Å². The largest absolute Gasteiger partial charge is 0.352 e. The van der Waals surface area contributed by atoms with Crippen LogP contribution in [0, 0.1) is 5.92 Å². The molecule has 0 fully saturated rings. The molecule has 0 spiro atoms. The third kappa shape index (κ3) is 5.42.